The SMILES string of the molecule is NC(=O)c1cc(N)cnc1NCC1CCC1. The van der Waals surface area contributed by atoms with Gasteiger partial charge in [0.25, 0.3) is 5.91 Å². The van der Waals surface area contributed by atoms with E-state index in [1.165, 1.54) is 25.5 Å². The monoisotopic (exact) mass is 220 g/mol. The van der Waals surface area contributed by atoms with Crippen LogP contribution in [0.25, 0.3) is 0 Å². The van der Waals surface area contributed by atoms with Crippen LogP contribution in [0.1, 0.15) is 29.6 Å². The maximum Gasteiger partial charge on any atom is 0.252 e. The number of nitrogens with one attached hydrogen (secondary N) is 1. The molecule has 1 fully saturated rings. The van der Waals surface area contributed by atoms with Crippen molar-refractivity contribution in [1.29, 1.82) is 0 Å². The van der Waals surface area contributed by atoms with Crippen molar-refractivity contribution < 1.29 is 4.79 Å². The summed E-state index contributed by atoms with van der Waals surface area (Å²) in [4.78, 5) is 15.3. The van der Waals surface area contributed by atoms with Crippen LogP contribution in [0, 0.1) is 5.92 Å². The van der Waals surface area contributed by atoms with Crippen LogP contribution in [-0.2, 0) is 0 Å². The zero-order valence-corrected chi connectivity index (χ0v) is 9.07. The third-order valence-corrected chi connectivity index (χ3v) is 2.96. The number of rotatable bonds is 4. The quantitative estimate of drug-likeness (QED) is 0.704. The molecule has 5 nitrogen and oxygen atoms in total. The van der Waals surface area contributed by atoms with Crippen molar-refractivity contribution in [1.82, 2.24) is 4.98 Å². The van der Waals surface area contributed by atoms with E-state index in [-0.39, 0.29) is 0 Å². The first kappa shape index (κ1) is 10.7. The molecule has 1 amide bonds. The lowest BCUT2D eigenvalue weighted by Gasteiger charge is -2.25. The Balaban J connectivity index is 2.08. The number of carbonyl (C=O) groups excluding carboxylic acids is 1. The Hall–Kier alpha value is -1.78. The molecule has 5 N–H and O–H groups in total. The van der Waals surface area contributed by atoms with E-state index in [4.69, 9.17) is 11.5 Å². The minimum atomic E-state index is -0.504. The molecule has 16 heavy (non-hydrogen) atoms. The highest BCUT2D eigenvalue weighted by Crippen LogP contribution is 2.26. The highest BCUT2D eigenvalue weighted by molar-refractivity contribution is 5.98. The van der Waals surface area contributed by atoms with Crippen molar-refractivity contribution in [2.24, 2.45) is 11.7 Å². The Labute approximate surface area is 94.2 Å². The predicted molar refractivity (Wildman–Crippen MR) is 63.0 cm³/mol. The molecule has 0 saturated heterocycles. The first-order valence-electron chi connectivity index (χ1n) is 5.46. The van der Waals surface area contributed by atoms with Crippen molar-refractivity contribution in [2.75, 3.05) is 17.6 Å². The number of primary amides is 1. The summed E-state index contributed by atoms with van der Waals surface area (Å²) in [7, 11) is 0. The van der Waals surface area contributed by atoms with Crippen molar-refractivity contribution in [2.45, 2.75) is 19.3 Å². The standard InChI is InChI=1S/C11H16N4O/c12-8-4-9(10(13)16)11(15-6-8)14-5-7-2-1-3-7/h4,6-7H,1-3,5,12H2,(H2,13,16)(H,14,15). The first-order chi connectivity index (χ1) is 7.66. The molecule has 1 saturated carbocycles. The highest BCUT2D eigenvalue weighted by Gasteiger charge is 2.18. The summed E-state index contributed by atoms with van der Waals surface area (Å²) < 4.78 is 0. The van der Waals surface area contributed by atoms with E-state index < -0.39 is 5.91 Å². The molecule has 5 heteroatoms. The van der Waals surface area contributed by atoms with Crippen LogP contribution in [-0.4, -0.2) is 17.4 Å². The number of anilines is 2. The molecule has 0 bridgehead atoms. The predicted octanol–water partition coefficient (Wildman–Crippen LogP) is 0.975. The molecule has 0 spiro atoms. The van der Waals surface area contributed by atoms with E-state index in [0.29, 0.717) is 23.0 Å². The largest absolute Gasteiger partial charge is 0.397 e. The smallest absolute Gasteiger partial charge is 0.252 e. The van der Waals surface area contributed by atoms with Crippen LogP contribution >= 0.6 is 0 Å². The number of amides is 1. The van der Waals surface area contributed by atoms with E-state index in [2.05, 4.69) is 10.3 Å². The summed E-state index contributed by atoms with van der Waals surface area (Å²) in [6.45, 7) is 0.844. The number of hydrogen-bond acceptors (Lipinski definition) is 4. The van der Waals surface area contributed by atoms with E-state index in [0.717, 1.165) is 6.54 Å². The van der Waals surface area contributed by atoms with Gasteiger partial charge in [-0.2, -0.15) is 0 Å². The molecule has 0 unspecified atom stereocenters. The molecule has 1 heterocycles. The third-order valence-electron chi connectivity index (χ3n) is 2.96. The van der Waals surface area contributed by atoms with Crippen LogP contribution < -0.4 is 16.8 Å². The highest BCUT2D eigenvalue weighted by atomic mass is 16.1. The van der Waals surface area contributed by atoms with Crippen LogP contribution in [0.3, 0.4) is 0 Å². The van der Waals surface area contributed by atoms with Crippen LogP contribution in [0.15, 0.2) is 12.3 Å². The van der Waals surface area contributed by atoms with Gasteiger partial charge in [0.15, 0.2) is 0 Å². The summed E-state index contributed by atoms with van der Waals surface area (Å²) in [5.74, 6) is 0.726. The van der Waals surface area contributed by atoms with Gasteiger partial charge in [-0.25, -0.2) is 4.98 Å². The second kappa shape index (κ2) is 4.38. The van der Waals surface area contributed by atoms with Gasteiger partial charge in [-0.3, -0.25) is 4.79 Å². The maximum absolute atomic E-state index is 11.2. The lowest BCUT2D eigenvalue weighted by molar-refractivity contribution is 0.100. The van der Waals surface area contributed by atoms with E-state index >= 15 is 0 Å². The number of nitrogens with two attached hydrogens (primary N) is 2. The number of nitrogens with zero attached hydrogens (tertiary/aromatic N) is 1. The van der Waals surface area contributed by atoms with Gasteiger partial charge in [0, 0.05) is 6.54 Å². The minimum absolute atomic E-state index is 0.360. The molecule has 0 aliphatic heterocycles. The number of hydrogen-bond donors (Lipinski definition) is 3. The Morgan fingerprint density at radius 3 is 2.88 bits per heavy atom. The third kappa shape index (κ3) is 2.24. The van der Waals surface area contributed by atoms with Gasteiger partial charge >= 0.3 is 0 Å². The van der Waals surface area contributed by atoms with Gasteiger partial charge in [0.1, 0.15) is 5.82 Å². The second-order valence-corrected chi connectivity index (χ2v) is 4.21. The maximum atomic E-state index is 11.2. The molecular formula is C11H16N4O. The Morgan fingerprint density at radius 2 is 2.31 bits per heavy atom. The van der Waals surface area contributed by atoms with Crippen molar-refractivity contribution in [3.63, 3.8) is 0 Å². The fourth-order valence-electron chi connectivity index (χ4n) is 1.75. The molecule has 1 aromatic heterocycles. The molecule has 86 valence electrons. The van der Waals surface area contributed by atoms with Gasteiger partial charge in [-0.15, -0.1) is 0 Å². The topological polar surface area (TPSA) is 94.0 Å². The van der Waals surface area contributed by atoms with E-state index in [1.54, 1.807) is 6.07 Å². The van der Waals surface area contributed by atoms with Gasteiger partial charge in [0.05, 0.1) is 17.4 Å². The molecular weight excluding hydrogens is 204 g/mol. The van der Waals surface area contributed by atoms with Crippen molar-refractivity contribution in [3.05, 3.63) is 17.8 Å². The van der Waals surface area contributed by atoms with Gasteiger partial charge in [-0.05, 0) is 24.8 Å². The Kier molecular flexibility index (Phi) is 2.94. The zero-order valence-electron chi connectivity index (χ0n) is 9.07. The number of aromatic nitrogens is 1. The minimum Gasteiger partial charge on any atom is -0.397 e. The molecule has 1 aliphatic carbocycles. The Bertz CT molecular complexity index is 401. The summed E-state index contributed by atoms with van der Waals surface area (Å²) in [6.07, 6.45) is 5.31. The molecule has 0 radical (unpaired) electrons. The lowest BCUT2D eigenvalue weighted by atomic mass is 9.85. The second-order valence-electron chi connectivity index (χ2n) is 4.21. The molecule has 0 aromatic carbocycles. The van der Waals surface area contributed by atoms with Crippen LogP contribution in [0.5, 0.6) is 0 Å². The van der Waals surface area contributed by atoms with Gasteiger partial charge in [-0.1, -0.05) is 6.42 Å². The van der Waals surface area contributed by atoms with Gasteiger partial charge in [0.2, 0.25) is 0 Å². The van der Waals surface area contributed by atoms with E-state index in [1.807, 2.05) is 0 Å². The van der Waals surface area contributed by atoms with Crippen LogP contribution in [0.4, 0.5) is 11.5 Å². The molecule has 1 aliphatic rings. The summed E-state index contributed by atoms with van der Waals surface area (Å²) in [6, 6.07) is 1.55. The number of pyridine rings is 1. The van der Waals surface area contributed by atoms with Crippen LogP contribution in [0.2, 0.25) is 0 Å². The first-order valence-corrected chi connectivity index (χ1v) is 5.46. The van der Waals surface area contributed by atoms with Gasteiger partial charge < -0.3 is 16.8 Å². The van der Waals surface area contributed by atoms with E-state index in [9.17, 15) is 4.79 Å². The summed E-state index contributed by atoms with van der Waals surface area (Å²) in [5.41, 5.74) is 11.6. The molecule has 0 atom stereocenters. The number of carbonyl (C=O) groups is 1. The summed E-state index contributed by atoms with van der Waals surface area (Å²) >= 11 is 0. The summed E-state index contributed by atoms with van der Waals surface area (Å²) in [5, 5.41) is 3.16. The lowest BCUT2D eigenvalue weighted by Crippen LogP contribution is -2.23. The Morgan fingerprint density at radius 1 is 1.56 bits per heavy atom. The van der Waals surface area contributed by atoms with Crippen molar-refractivity contribution >= 4 is 17.4 Å². The normalized spacial score (nSPS) is 15.5. The van der Waals surface area contributed by atoms with Crippen molar-refractivity contribution in [3.8, 4) is 0 Å². The zero-order chi connectivity index (χ0) is 11.5. The molecule has 1 aromatic rings. The fourth-order valence-corrected chi connectivity index (χ4v) is 1.75. The molecule has 2 rings (SSSR count). The fraction of sp³-hybridized carbons (Fsp3) is 0.455. The number of nitrogen functional groups attached to an aromatic ring is 1. The average molecular weight is 220 g/mol. The average Bonchev–Trinajstić information content (AvgIpc) is 2.17.